The zero-order valence-electron chi connectivity index (χ0n) is 17.3. The normalized spacial score (nSPS) is 21.8. The molecule has 0 saturated carbocycles. The molecule has 0 aromatic carbocycles. The summed E-state index contributed by atoms with van der Waals surface area (Å²) in [5.74, 6) is -14.2. The molecule has 0 aromatic rings. The number of rotatable bonds is 13. The molecule has 0 radical (unpaired) electrons. The van der Waals surface area contributed by atoms with Crippen LogP contribution in [0.5, 0.6) is 0 Å². The summed E-state index contributed by atoms with van der Waals surface area (Å²) in [7, 11) is 0. The Morgan fingerprint density at radius 2 is 1.62 bits per heavy atom. The van der Waals surface area contributed by atoms with Gasteiger partial charge in [-0.05, 0) is 24.8 Å². The van der Waals surface area contributed by atoms with Crippen LogP contribution in [0, 0.1) is 5.92 Å². The first kappa shape index (κ1) is 26.0. The van der Waals surface area contributed by atoms with Crippen molar-refractivity contribution >= 4 is 0 Å². The number of hydrogen-bond donors (Lipinski definition) is 0. The van der Waals surface area contributed by atoms with E-state index in [0.717, 1.165) is 12.2 Å². The van der Waals surface area contributed by atoms with Crippen molar-refractivity contribution in [3.63, 3.8) is 0 Å². The molecule has 29 heavy (non-hydrogen) atoms. The lowest BCUT2D eigenvalue weighted by Gasteiger charge is -2.46. The molecule has 0 fully saturated rings. The maximum absolute atomic E-state index is 15.3. The third-order valence-corrected chi connectivity index (χ3v) is 5.25. The van der Waals surface area contributed by atoms with E-state index in [1.54, 1.807) is 6.92 Å². The molecule has 0 amide bonds. The molecule has 0 saturated heterocycles. The molecule has 0 bridgehead atoms. The molecule has 0 aliphatic heterocycles. The largest absolute Gasteiger partial charge is 0.386 e. The summed E-state index contributed by atoms with van der Waals surface area (Å²) in [6, 6.07) is -5.37. The van der Waals surface area contributed by atoms with Gasteiger partial charge >= 0.3 is 17.9 Å². The maximum Gasteiger partial charge on any atom is 0.386 e. The Morgan fingerprint density at radius 1 is 0.966 bits per heavy atom. The van der Waals surface area contributed by atoms with Crippen LogP contribution in [-0.2, 0) is 0 Å². The molecular formula is C21H32F7N. The van der Waals surface area contributed by atoms with Crippen molar-refractivity contribution in [2.75, 3.05) is 6.54 Å². The molecule has 2 unspecified atom stereocenters. The number of nitrogens with zero attached hydrogens (tertiary/aromatic N) is 1. The van der Waals surface area contributed by atoms with Crippen LogP contribution < -0.4 is 0 Å². The van der Waals surface area contributed by atoms with Crippen LogP contribution in [-0.4, -0.2) is 35.1 Å². The van der Waals surface area contributed by atoms with E-state index in [1.165, 1.54) is 19.1 Å². The summed E-state index contributed by atoms with van der Waals surface area (Å²) in [6.45, 7) is 4.33. The molecule has 1 rings (SSSR count). The highest BCUT2D eigenvalue weighted by Crippen LogP contribution is 2.52. The smallest absolute Gasteiger partial charge is 0.221 e. The molecule has 170 valence electrons. The highest BCUT2D eigenvalue weighted by molar-refractivity contribution is 5.19. The van der Waals surface area contributed by atoms with Gasteiger partial charge in [0, 0.05) is 19.4 Å². The summed E-state index contributed by atoms with van der Waals surface area (Å²) in [5, 5.41) is 0. The maximum atomic E-state index is 15.3. The Kier molecular flexibility index (Phi) is 9.24. The minimum absolute atomic E-state index is 0.242. The van der Waals surface area contributed by atoms with Gasteiger partial charge in [-0.2, -0.15) is 26.3 Å². The second-order valence-corrected chi connectivity index (χ2v) is 7.95. The molecule has 0 N–H and O–H groups in total. The fourth-order valence-electron chi connectivity index (χ4n) is 3.50. The van der Waals surface area contributed by atoms with Crippen LogP contribution in [0.3, 0.4) is 0 Å². The van der Waals surface area contributed by atoms with Gasteiger partial charge in [0.25, 0.3) is 0 Å². The van der Waals surface area contributed by atoms with Gasteiger partial charge in [0.05, 0.1) is 0 Å². The molecule has 2 atom stereocenters. The summed E-state index contributed by atoms with van der Waals surface area (Å²) >= 11 is 0. The second-order valence-electron chi connectivity index (χ2n) is 7.95. The zero-order chi connectivity index (χ0) is 22.3. The molecule has 1 aliphatic carbocycles. The van der Waals surface area contributed by atoms with Crippen molar-refractivity contribution < 1.29 is 30.7 Å². The number of hydrogen-bond acceptors (Lipinski definition) is 1. The van der Waals surface area contributed by atoms with Gasteiger partial charge in [0.15, 0.2) is 5.79 Å². The Labute approximate surface area is 169 Å². The molecule has 8 heteroatoms. The lowest BCUT2D eigenvalue weighted by atomic mass is 9.95. The molecule has 1 nitrogen and oxygen atoms in total. The fraction of sp³-hybridized carbons (Fsp3) is 0.810. The molecule has 1 aliphatic rings. The zero-order valence-corrected chi connectivity index (χ0v) is 17.3. The Bertz CT molecular complexity index is 559. The highest BCUT2D eigenvalue weighted by Gasteiger charge is 2.75. The lowest BCUT2D eigenvalue weighted by Crippen LogP contribution is -2.67. The van der Waals surface area contributed by atoms with Crippen molar-refractivity contribution in [3.05, 3.63) is 24.3 Å². The van der Waals surface area contributed by atoms with Crippen LogP contribution in [0.15, 0.2) is 24.3 Å². The van der Waals surface area contributed by atoms with Gasteiger partial charge < -0.3 is 0 Å². The Morgan fingerprint density at radius 3 is 2.14 bits per heavy atom. The summed E-state index contributed by atoms with van der Waals surface area (Å²) in [5.41, 5.74) is 0. The predicted octanol–water partition coefficient (Wildman–Crippen LogP) is 7.74. The minimum atomic E-state index is -5.72. The third kappa shape index (κ3) is 5.98. The lowest BCUT2D eigenvalue weighted by molar-refractivity contribution is -0.375. The van der Waals surface area contributed by atoms with E-state index in [1.807, 2.05) is 6.92 Å². The first-order valence-electron chi connectivity index (χ1n) is 10.3. The van der Waals surface area contributed by atoms with E-state index >= 15 is 4.39 Å². The molecule has 0 spiro atoms. The van der Waals surface area contributed by atoms with Gasteiger partial charge in [0.1, 0.15) is 0 Å². The van der Waals surface area contributed by atoms with Crippen molar-refractivity contribution in [3.8, 4) is 0 Å². The first-order chi connectivity index (χ1) is 13.4. The van der Waals surface area contributed by atoms with E-state index in [2.05, 4.69) is 0 Å². The van der Waals surface area contributed by atoms with Gasteiger partial charge in [-0.3, -0.25) is 0 Å². The SMILES string of the molecule is CCCCCCC(F)(F)C(F)(F)C(F)(F)N(CC(C)CCC)C1(F)C=CC=CC1. The number of allylic oxidation sites excluding steroid dienone is 2. The summed E-state index contributed by atoms with van der Waals surface area (Å²) in [6.07, 6.45) is 4.59. The highest BCUT2D eigenvalue weighted by atomic mass is 19.3. The standard InChI is InChI=1S/C21H32F7N/c1-4-6-7-11-15-19(23,24)20(25,26)21(27,28)29(16-17(3)12-5-2)18(22)13-9-8-10-14-18/h8-10,13,17H,4-7,11-12,14-16H2,1-3H3. The fourth-order valence-corrected chi connectivity index (χ4v) is 3.50. The third-order valence-electron chi connectivity index (χ3n) is 5.25. The van der Waals surface area contributed by atoms with E-state index in [4.69, 9.17) is 0 Å². The van der Waals surface area contributed by atoms with E-state index < -0.39 is 49.0 Å². The monoisotopic (exact) mass is 431 g/mol. The van der Waals surface area contributed by atoms with Crippen molar-refractivity contribution in [2.24, 2.45) is 5.92 Å². The van der Waals surface area contributed by atoms with Crippen LogP contribution in [0.2, 0.25) is 0 Å². The van der Waals surface area contributed by atoms with E-state index in [-0.39, 0.29) is 17.7 Å². The number of unbranched alkanes of at least 4 members (excludes halogenated alkanes) is 3. The molecule has 0 aromatic heterocycles. The second kappa shape index (κ2) is 10.3. The van der Waals surface area contributed by atoms with Gasteiger partial charge in [0.2, 0.25) is 0 Å². The van der Waals surface area contributed by atoms with Crippen LogP contribution in [0.25, 0.3) is 0 Å². The van der Waals surface area contributed by atoms with Crippen LogP contribution >= 0.6 is 0 Å². The van der Waals surface area contributed by atoms with Gasteiger partial charge in [-0.1, -0.05) is 64.7 Å². The Hall–Kier alpha value is -1.05. The van der Waals surface area contributed by atoms with Gasteiger partial charge in [-0.25, -0.2) is 9.29 Å². The first-order valence-corrected chi connectivity index (χ1v) is 10.3. The molecular weight excluding hydrogens is 399 g/mol. The number of alkyl halides is 7. The minimum Gasteiger partial charge on any atom is -0.221 e. The van der Waals surface area contributed by atoms with E-state index in [0.29, 0.717) is 25.7 Å². The van der Waals surface area contributed by atoms with Crippen LogP contribution in [0.4, 0.5) is 30.7 Å². The average molecular weight is 431 g/mol. The quantitative estimate of drug-likeness (QED) is 0.164. The van der Waals surface area contributed by atoms with Crippen molar-refractivity contribution in [1.82, 2.24) is 4.90 Å². The Balaban J connectivity index is 3.21. The number of halogens is 7. The predicted molar refractivity (Wildman–Crippen MR) is 101 cm³/mol. The van der Waals surface area contributed by atoms with Crippen molar-refractivity contribution in [2.45, 2.75) is 95.8 Å². The molecule has 0 heterocycles. The van der Waals surface area contributed by atoms with Crippen molar-refractivity contribution in [1.29, 1.82) is 0 Å². The van der Waals surface area contributed by atoms with Gasteiger partial charge in [-0.15, -0.1) is 0 Å². The average Bonchev–Trinajstić information content (AvgIpc) is 2.63. The van der Waals surface area contributed by atoms with E-state index in [9.17, 15) is 26.3 Å². The summed E-state index contributed by atoms with van der Waals surface area (Å²) < 4.78 is 103. The topological polar surface area (TPSA) is 3.24 Å². The summed E-state index contributed by atoms with van der Waals surface area (Å²) in [4.78, 5) is -0.361. The van der Waals surface area contributed by atoms with Crippen LogP contribution in [0.1, 0.15) is 72.1 Å².